The van der Waals surface area contributed by atoms with Crippen LogP contribution in [0.25, 0.3) is 0 Å². The van der Waals surface area contributed by atoms with Crippen molar-refractivity contribution in [1.82, 2.24) is 5.32 Å². The molecule has 0 aliphatic rings. The summed E-state index contributed by atoms with van der Waals surface area (Å²) in [5, 5.41) is 23.2. The van der Waals surface area contributed by atoms with Gasteiger partial charge < -0.3 is 15.5 Å². The molecule has 4 nitrogen and oxygen atoms in total. The van der Waals surface area contributed by atoms with E-state index in [-0.39, 0.29) is 12.5 Å². The number of carbonyl (C=O) groups excluding carboxylic acids is 1. The van der Waals surface area contributed by atoms with Gasteiger partial charge in [-0.1, -0.05) is 305 Å². The Hall–Kier alpha value is -2.17. The second-order valence-corrected chi connectivity index (χ2v) is 20.4. The molecule has 2 atom stereocenters. The molecule has 4 heteroatoms. The van der Waals surface area contributed by atoms with Crippen molar-refractivity contribution in [3.63, 3.8) is 0 Å². The third-order valence-electron chi connectivity index (χ3n) is 13.7. The molecule has 2 unspecified atom stereocenters. The summed E-state index contributed by atoms with van der Waals surface area (Å²) in [6.07, 6.45) is 85.2. The number of aliphatic hydroxyl groups is 2. The third kappa shape index (κ3) is 54.8. The molecule has 1 amide bonds. The highest BCUT2D eigenvalue weighted by Gasteiger charge is 2.18. The van der Waals surface area contributed by atoms with Gasteiger partial charge in [-0.15, -0.1) is 0 Å². The number of rotatable bonds is 55. The van der Waals surface area contributed by atoms with Gasteiger partial charge >= 0.3 is 0 Å². The number of nitrogens with one attached hydrogen (secondary N) is 1. The molecular formula is C64H117NO3. The van der Waals surface area contributed by atoms with E-state index in [1.54, 1.807) is 6.08 Å². The van der Waals surface area contributed by atoms with Crippen LogP contribution >= 0.6 is 0 Å². The van der Waals surface area contributed by atoms with Crippen molar-refractivity contribution in [1.29, 1.82) is 0 Å². The zero-order valence-electron chi connectivity index (χ0n) is 45.6. The minimum Gasteiger partial charge on any atom is -0.394 e. The Balaban J connectivity index is 3.49. The van der Waals surface area contributed by atoms with Crippen molar-refractivity contribution < 1.29 is 15.0 Å². The summed E-state index contributed by atoms with van der Waals surface area (Å²) in [7, 11) is 0. The standard InChI is InChI=1S/C64H117NO3/c1-3-5-7-9-11-13-15-17-19-21-23-25-27-28-29-30-31-32-33-34-35-36-38-40-42-44-46-48-50-52-54-56-58-60-64(68)65-62(61-66)63(67)59-57-55-53-51-49-47-45-43-41-39-37-26-24-22-20-18-16-14-12-10-8-6-4-2/h5,7,11,13,17,19,23,25,49,51,57,59,62-63,66-67H,3-4,6,8-10,12,14-16,18,20-22,24,26-48,50,52-56,58,60-61H2,1-2H3,(H,65,68)/b7-5-,13-11-,19-17-,25-23-,51-49+,59-57+. The summed E-state index contributed by atoms with van der Waals surface area (Å²) >= 11 is 0. The van der Waals surface area contributed by atoms with Gasteiger partial charge in [-0.05, 0) is 70.6 Å². The first kappa shape index (κ1) is 65.8. The van der Waals surface area contributed by atoms with E-state index < -0.39 is 12.1 Å². The first-order valence-corrected chi connectivity index (χ1v) is 30.2. The van der Waals surface area contributed by atoms with Crippen molar-refractivity contribution in [3.8, 4) is 0 Å². The molecule has 0 aliphatic heterocycles. The molecule has 0 radical (unpaired) electrons. The van der Waals surface area contributed by atoms with E-state index in [0.29, 0.717) is 6.42 Å². The van der Waals surface area contributed by atoms with Crippen LogP contribution in [0.3, 0.4) is 0 Å². The molecule has 0 aliphatic carbocycles. The number of hydrogen-bond acceptors (Lipinski definition) is 3. The van der Waals surface area contributed by atoms with Crippen LogP contribution in [-0.2, 0) is 4.79 Å². The smallest absolute Gasteiger partial charge is 0.220 e. The molecule has 0 saturated heterocycles. The van der Waals surface area contributed by atoms with Crippen LogP contribution in [0.2, 0.25) is 0 Å². The quantitative estimate of drug-likeness (QED) is 0.0420. The molecule has 0 bridgehead atoms. The topological polar surface area (TPSA) is 69.6 Å². The Bertz CT molecular complexity index is 1170. The number of hydrogen-bond donors (Lipinski definition) is 3. The van der Waals surface area contributed by atoms with Crippen LogP contribution in [0.5, 0.6) is 0 Å². The van der Waals surface area contributed by atoms with Gasteiger partial charge in [-0.3, -0.25) is 4.79 Å². The summed E-state index contributed by atoms with van der Waals surface area (Å²) in [6.45, 7) is 4.21. The highest BCUT2D eigenvalue weighted by atomic mass is 16.3. The van der Waals surface area contributed by atoms with Crippen LogP contribution in [0.4, 0.5) is 0 Å². The van der Waals surface area contributed by atoms with Crippen molar-refractivity contribution in [2.75, 3.05) is 6.61 Å². The first-order valence-electron chi connectivity index (χ1n) is 30.2. The zero-order valence-corrected chi connectivity index (χ0v) is 45.6. The summed E-state index contributed by atoms with van der Waals surface area (Å²) in [4.78, 5) is 12.5. The summed E-state index contributed by atoms with van der Waals surface area (Å²) in [5.74, 6) is -0.0702. The van der Waals surface area contributed by atoms with E-state index >= 15 is 0 Å². The highest BCUT2D eigenvalue weighted by Crippen LogP contribution is 2.17. The average molecular weight is 949 g/mol. The predicted molar refractivity (Wildman–Crippen MR) is 304 cm³/mol. The van der Waals surface area contributed by atoms with Gasteiger partial charge in [0.25, 0.3) is 0 Å². The molecule has 0 fully saturated rings. The lowest BCUT2D eigenvalue weighted by Crippen LogP contribution is -2.45. The van der Waals surface area contributed by atoms with Crippen molar-refractivity contribution in [2.45, 2.75) is 321 Å². The maximum atomic E-state index is 12.5. The second-order valence-electron chi connectivity index (χ2n) is 20.4. The van der Waals surface area contributed by atoms with E-state index in [0.717, 1.165) is 57.8 Å². The molecule has 0 aromatic carbocycles. The second kappa shape index (κ2) is 59.1. The molecule has 0 spiro atoms. The molecule has 396 valence electrons. The van der Waals surface area contributed by atoms with Gasteiger partial charge in [0.1, 0.15) is 0 Å². The van der Waals surface area contributed by atoms with Gasteiger partial charge in [0.15, 0.2) is 0 Å². The van der Waals surface area contributed by atoms with Gasteiger partial charge in [-0.25, -0.2) is 0 Å². The normalized spacial score (nSPS) is 13.3. The zero-order chi connectivity index (χ0) is 49.2. The van der Waals surface area contributed by atoms with Crippen molar-refractivity contribution >= 4 is 5.91 Å². The van der Waals surface area contributed by atoms with Gasteiger partial charge in [0, 0.05) is 6.42 Å². The maximum absolute atomic E-state index is 12.5. The van der Waals surface area contributed by atoms with Gasteiger partial charge in [0.05, 0.1) is 18.8 Å². The number of allylic oxidation sites excluding steroid dienone is 11. The van der Waals surface area contributed by atoms with E-state index in [9.17, 15) is 15.0 Å². The molecule has 0 aromatic heterocycles. The Morgan fingerprint density at radius 2 is 0.662 bits per heavy atom. The van der Waals surface area contributed by atoms with Crippen LogP contribution in [0, 0.1) is 0 Å². The summed E-state index contributed by atoms with van der Waals surface area (Å²) in [5.41, 5.74) is 0. The van der Waals surface area contributed by atoms with Crippen LogP contribution in [0.1, 0.15) is 309 Å². The molecule has 0 saturated carbocycles. The lowest BCUT2D eigenvalue weighted by atomic mass is 10.0. The SMILES string of the molecule is CC/C=C\C/C=C\C/C=C\C/C=C\CCCCCCCCCCCCCCCCCCCCCCC(=O)NC(CO)C(O)/C=C/CC/C=C/CCCCCCCCCCCCCCCCCCC. The van der Waals surface area contributed by atoms with Crippen molar-refractivity contribution in [3.05, 3.63) is 72.9 Å². The highest BCUT2D eigenvalue weighted by molar-refractivity contribution is 5.76. The van der Waals surface area contributed by atoms with Gasteiger partial charge in [-0.2, -0.15) is 0 Å². The molecule has 0 rings (SSSR count). The fourth-order valence-corrected chi connectivity index (χ4v) is 9.13. The Morgan fingerprint density at radius 3 is 1.03 bits per heavy atom. The van der Waals surface area contributed by atoms with E-state index in [1.807, 2.05) is 6.08 Å². The number of aliphatic hydroxyl groups excluding tert-OH is 2. The average Bonchev–Trinajstić information content (AvgIpc) is 3.34. The lowest BCUT2D eigenvalue weighted by Gasteiger charge is -2.19. The Labute approximate surface area is 425 Å². The number of amides is 1. The van der Waals surface area contributed by atoms with E-state index in [2.05, 4.69) is 79.9 Å². The Morgan fingerprint density at radius 1 is 0.368 bits per heavy atom. The molecule has 0 heterocycles. The molecule has 3 N–H and O–H groups in total. The fourth-order valence-electron chi connectivity index (χ4n) is 9.13. The van der Waals surface area contributed by atoms with Crippen LogP contribution in [0.15, 0.2) is 72.9 Å². The number of carbonyl (C=O) groups is 1. The Kier molecular flexibility index (Phi) is 57.3. The third-order valence-corrected chi connectivity index (χ3v) is 13.7. The van der Waals surface area contributed by atoms with Crippen LogP contribution in [-0.4, -0.2) is 34.9 Å². The summed E-state index contributed by atoms with van der Waals surface area (Å²) < 4.78 is 0. The van der Waals surface area contributed by atoms with Gasteiger partial charge in [0.2, 0.25) is 5.91 Å². The first-order chi connectivity index (χ1) is 33.7. The minimum absolute atomic E-state index is 0.0702. The molecular weight excluding hydrogens is 831 g/mol. The van der Waals surface area contributed by atoms with Crippen LogP contribution < -0.4 is 5.32 Å². The lowest BCUT2D eigenvalue weighted by molar-refractivity contribution is -0.123. The maximum Gasteiger partial charge on any atom is 0.220 e. The number of unbranched alkanes of at least 4 members (excludes halogenated alkanes) is 38. The molecule has 0 aromatic rings. The van der Waals surface area contributed by atoms with E-state index in [4.69, 9.17) is 0 Å². The fraction of sp³-hybridized carbons (Fsp3) is 0.797. The largest absolute Gasteiger partial charge is 0.394 e. The van der Waals surface area contributed by atoms with E-state index in [1.165, 1.54) is 231 Å². The predicted octanol–water partition coefficient (Wildman–Crippen LogP) is 20.1. The molecule has 68 heavy (non-hydrogen) atoms. The monoisotopic (exact) mass is 948 g/mol. The van der Waals surface area contributed by atoms with Crippen molar-refractivity contribution in [2.24, 2.45) is 0 Å². The minimum atomic E-state index is -0.864. The summed E-state index contributed by atoms with van der Waals surface area (Å²) in [6, 6.07) is -0.641.